The number of carbonyl (C=O) groups is 1. The number of carbonyl (C=O) groups excluding carboxylic acids is 1. The lowest BCUT2D eigenvalue weighted by Gasteiger charge is -2.08. The van der Waals surface area contributed by atoms with Crippen LogP contribution in [0.2, 0.25) is 0 Å². The Balaban J connectivity index is 2.12. The Morgan fingerprint density at radius 3 is 2.76 bits per heavy atom. The number of nitriles is 1. The van der Waals surface area contributed by atoms with Crippen molar-refractivity contribution in [1.29, 1.82) is 5.26 Å². The Bertz CT molecular complexity index is 705. The van der Waals surface area contributed by atoms with Gasteiger partial charge in [0.05, 0.1) is 24.3 Å². The fraction of sp³-hybridized carbons (Fsp3) is 0.125. The Hall–Kier alpha value is -3.00. The van der Waals surface area contributed by atoms with Crippen LogP contribution >= 0.6 is 0 Å². The smallest absolute Gasteiger partial charge is 0.338 e. The fourth-order valence-electron chi connectivity index (χ4n) is 1.84. The molecule has 0 heterocycles. The largest absolute Gasteiger partial charge is 0.497 e. The summed E-state index contributed by atoms with van der Waals surface area (Å²) in [4.78, 5) is 12.0. The zero-order valence-electron chi connectivity index (χ0n) is 11.5. The summed E-state index contributed by atoms with van der Waals surface area (Å²) in [6.07, 6.45) is 0. The predicted molar refractivity (Wildman–Crippen MR) is 77.7 cm³/mol. The molecule has 0 saturated carbocycles. The lowest BCUT2D eigenvalue weighted by molar-refractivity contribution is 0.0472. The minimum absolute atomic E-state index is 0.0275. The molecule has 0 atom stereocenters. The Kier molecular flexibility index (Phi) is 4.42. The number of esters is 1. The van der Waals surface area contributed by atoms with Crippen LogP contribution in [0.4, 0.5) is 5.69 Å². The van der Waals surface area contributed by atoms with Crippen LogP contribution < -0.4 is 10.5 Å². The van der Waals surface area contributed by atoms with E-state index in [0.717, 1.165) is 0 Å². The minimum Gasteiger partial charge on any atom is -0.497 e. The number of benzene rings is 2. The van der Waals surface area contributed by atoms with Gasteiger partial charge < -0.3 is 15.2 Å². The molecule has 0 radical (unpaired) electrons. The van der Waals surface area contributed by atoms with Crippen LogP contribution in [0, 0.1) is 11.3 Å². The standard InChI is InChI=1S/C16H14N2O3/c1-20-15-7-13(6-14(18)8-15)16(19)21-10-12-5-3-2-4-11(12)9-17/h2-8H,10,18H2,1H3. The third kappa shape index (κ3) is 3.51. The highest BCUT2D eigenvalue weighted by Gasteiger charge is 2.11. The zero-order valence-corrected chi connectivity index (χ0v) is 11.5. The fourth-order valence-corrected chi connectivity index (χ4v) is 1.84. The lowest BCUT2D eigenvalue weighted by atomic mass is 10.1. The van der Waals surface area contributed by atoms with Crippen molar-refractivity contribution in [3.05, 3.63) is 59.2 Å². The first-order chi connectivity index (χ1) is 10.1. The van der Waals surface area contributed by atoms with Gasteiger partial charge in [-0.3, -0.25) is 0 Å². The first-order valence-electron chi connectivity index (χ1n) is 6.23. The molecule has 0 aliphatic rings. The second-order valence-electron chi connectivity index (χ2n) is 4.34. The number of nitrogens with two attached hydrogens (primary N) is 1. The number of hydrogen-bond donors (Lipinski definition) is 1. The lowest BCUT2D eigenvalue weighted by Crippen LogP contribution is -2.07. The first kappa shape index (κ1) is 14.4. The SMILES string of the molecule is COc1cc(N)cc(C(=O)OCc2ccccc2C#N)c1. The molecule has 0 saturated heterocycles. The number of methoxy groups -OCH3 is 1. The van der Waals surface area contributed by atoms with Crippen molar-refractivity contribution in [2.75, 3.05) is 12.8 Å². The number of nitrogens with zero attached hydrogens (tertiary/aromatic N) is 1. The van der Waals surface area contributed by atoms with Crippen LogP contribution in [0.5, 0.6) is 5.75 Å². The quantitative estimate of drug-likeness (QED) is 0.688. The van der Waals surface area contributed by atoms with Crippen molar-refractivity contribution in [3.63, 3.8) is 0 Å². The van der Waals surface area contributed by atoms with E-state index in [4.69, 9.17) is 20.5 Å². The number of nitrogen functional groups attached to an aromatic ring is 1. The van der Waals surface area contributed by atoms with Gasteiger partial charge in [0.25, 0.3) is 0 Å². The van der Waals surface area contributed by atoms with Crippen molar-refractivity contribution >= 4 is 11.7 Å². The topological polar surface area (TPSA) is 85.3 Å². The highest BCUT2D eigenvalue weighted by atomic mass is 16.5. The van der Waals surface area contributed by atoms with Gasteiger partial charge in [-0.05, 0) is 18.2 Å². The number of ether oxygens (including phenoxy) is 2. The van der Waals surface area contributed by atoms with E-state index in [1.807, 2.05) is 0 Å². The molecule has 0 bridgehead atoms. The number of hydrogen-bond acceptors (Lipinski definition) is 5. The van der Waals surface area contributed by atoms with E-state index in [9.17, 15) is 4.79 Å². The number of rotatable bonds is 4. The second kappa shape index (κ2) is 6.44. The van der Waals surface area contributed by atoms with Gasteiger partial charge in [0.1, 0.15) is 12.4 Å². The van der Waals surface area contributed by atoms with Crippen LogP contribution in [0.15, 0.2) is 42.5 Å². The molecule has 21 heavy (non-hydrogen) atoms. The molecule has 0 unspecified atom stereocenters. The molecule has 0 fully saturated rings. The van der Waals surface area contributed by atoms with E-state index < -0.39 is 5.97 Å². The molecule has 5 nitrogen and oxygen atoms in total. The summed E-state index contributed by atoms with van der Waals surface area (Å²) >= 11 is 0. The average molecular weight is 282 g/mol. The third-order valence-electron chi connectivity index (χ3n) is 2.90. The molecule has 2 aromatic rings. The van der Waals surface area contributed by atoms with Crippen LogP contribution in [-0.2, 0) is 11.3 Å². The molecule has 0 aliphatic carbocycles. The van der Waals surface area contributed by atoms with E-state index in [-0.39, 0.29) is 6.61 Å². The highest BCUT2D eigenvalue weighted by molar-refractivity contribution is 5.91. The molecule has 2 aromatic carbocycles. The summed E-state index contributed by atoms with van der Waals surface area (Å²) < 4.78 is 10.3. The Labute approximate surface area is 122 Å². The maximum absolute atomic E-state index is 12.0. The van der Waals surface area contributed by atoms with Gasteiger partial charge in [0.15, 0.2) is 0 Å². The van der Waals surface area contributed by atoms with E-state index in [1.165, 1.54) is 13.2 Å². The summed E-state index contributed by atoms with van der Waals surface area (Å²) in [5, 5.41) is 8.98. The van der Waals surface area contributed by atoms with E-state index in [0.29, 0.717) is 28.1 Å². The van der Waals surface area contributed by atoms with E-state index >= 15 is 0 Å². The van der Waals surface area contributed by atoms with Crippen molar-refractivity contribution in [3.8, 4) is 11.8 Å². The van der Waals surface area contributed by atoms with Crippen molar-refractivity contribution in [2.24, 2.45) is 0 Å². The molecule has 5 heteroatoms. The maximum Gasteiger partial charge on any atom is 0.338 e. The second-order valence-corrected chi connectivity index (χ2v) is 4.34. The van der Waals surface area contributed by atoms with Gasteiger partial charge in [0.2, 0.25) is 0 Å². The minimum atomic E-state index is -0.520. The summed E-state index contributed by atoms with van der Waals surface area (Å²) in [5.41, 5.74) is 7.56. The molecule has 0 spiro atoms. The maximum atomic E-state index is 12.0. The molecule has 2 rings (SSSR count). The van der Waals surface area contributed by atoms with Crippen LogP contribution in [0.1, 0.15) is 21.5 Å². The summed E-state index contributed by atoms with van der Waals surface area (Å²) in [7, 11) is 1.49. The van der Waals surface area contributed by atoms with Crippen LogP contribution in [0.3, 0.4) is 0 Å². The predicted octanol–water partition coefficient (Wildman–Crippen LogP) is 2.51. The summed E-state index contributed by atoms with van der Waals surface area (Å²) in [5.74, 6) is -0.0345. The molecular weight excluding hydrogens is 268 g/mol. The summed E-state index contributed by atoms with van der Waals surface area (Å²) in [6.45, 7) is 0.0275. The molecule has 0 aliphatic heterocycles. The highest BCUT2D eigenvalue weighted by Crippen LogP contribution is 2.19. The van der Waals surface area contributed by atoms with Crippen molar-refractivity contribution in [1.82, 2.24) is 0 Å². The molecular formula is C16H14N2O3. The third-order valence-corrected chi connectivity index (χ3v) is 2.90. The van der Waals surface area contributed by atoms with Gasteiger partial charge in [-0.25, -0.2) is 4.79 Å². The molecule has 0 amide bonds. The van der Waals surface area contributed by atoms with Gasteiger partial charge in [0, 0.05) is 17.3 Å². The number of anilines is 1. The zero-order chi connectivity index (χ0) is 15.2. The van der Waals surface area contributed by atoms with Gasteiger partial charge in [-0.2, -0.15) is 5.26 Å². The first-order valence-corrected chi connectivity index (χ1v) is 6.23. The summed E-state index contributed by atoms with van der Waals surface area (Å²) in [6, 6.07) is 13.7. The molecule has 106 valence electrons. The van der Waals surface area contributed by atoms with Gasteiger partial charge >= 0.3 is 5.97 Å². The monoisotopic (exact) mass is 282 g/mol. The Morgan fingerprint density at radius 2 is 2.05 bits per heavy atom. The van der Waals surface area contributed by atoms with Gasteiger partial charge in [-0.1, -0.05) is 18.2 Å². The Morgan fingerprint density at radius 1 is 1.29 bits per heavy atom. The molecule has 0 aromatic heterocycles. The van der Waals surface area contributed by atoms with Crippen molar-refractivity contribution in [2.45, 2.75) is 6.61 Å². The van der Waals surface area contributed by atoms with Crippen LogP contribution in [-0.4, -0.2) is 13.1 Å². The van der Waals surface area contributed by atoms with E-state index in [1.54, 1.807) is 36.4 Å². The normalized spacial score (nSPS) is 9.71. The van der Waals surface area contributed by atoms with Crippen LogP contribution in [0.25, 0.3) is 0 Å². The molecule has 2 N–H and O–H groups in total. The van der Waals surface area contributed by atoms with Gasteiger partial charge in [-0.15, -0.1) is 0 Å². The van der Waals surface area contributed by atoms with E-state index in [2.05, 4.69) is 6.07 Å². The average Bonchev–Trinajstić information content (AvgIpc) is 2.52. The van der Waals surface area contributed by atoms with Crippen molar-refractivity contribution < 1.29 is 14.3 Å².